The van der Waals surface area contributed by atoms with E-state index in [0.717, 1.165) is 48.3 Å². The van der Waals surface area contributed by atoms with Crippen LogP contribution in [0.1, 0.15) is 29.8 Å². The molecule has 1 aliphatic rings. The lowest BCUT2D eigenvalue weighted by molar-refractivity contribution is -0.0675. The molecule has 9 heteroatoms. The number of aromatic nitrogens is 2. The minimum atomic E-state index is -0.202. The van der Waals surface area contributed by atoms with E-state index in [1.165, 1.54) is 5.56 Å². The van der Waals surface area contributed by atoms with Gasteiger partial charge in [0.05, 0.1) is 17.7 Å². The maximum absolute atomic E-state index is 13.0. The van der Waals surface area contributed by atoms with Crippen LogP contribution in [0.25, 0.3) is 10.9 Å². The zero-order valence-corrected chi connectivity index (χ0v) is 23.4. The van der Waals surface area contributed by atoms with E-state index in [0.29, 0.717) is 11.4 Å². The number of hydrogen-bond donors (Lipinski definition) is 2. The number of hydrogen-bond acceptors (Lipinski definition) is 6. The van der Waals surface area contributed by atoms with Gasteiger partial charge in [-0.15, -0.1) is 0 Å². The van der Waals surface area contributed by atoms with Crippen LogP contribution >= 0.6 is 0 Å². The van der Waals surface area contributed by atoms with Gasteiger partial charge in [0, 0.05) is 74.5 Å². The number of carbonyl (C=O) groups is 2. The molecule has 1 saturated heterocycles. The SMILES string of the molecule is CNC(=O)n1ccc2cc(N(C)c3ccnc(NC(=O)c4ccc(CCN5C[C@@H](C)O[C@@H](C)C5)cc4)c3)ccc21. The third-order valence-electron chi connectivity index (χ3n) is 7.29. The molecule has 1 fully saturated rings. The van der Waals surface area contributed by atoms with Crippen LogP contribution in [0.2, 0.25) is 0 Å². The Morgan fingerprint density at radius 1 is 1.00 bits per heavy atom. The van der Waals surface area contributed by atoms with Crippen LogP contribution in [0.3, 0.4) is 0 Å². The Bertz CT molecular complexity index is 1490. The number of ether oxygens (including phenoxy) is 1. The highest BCUT2D eigenvalue weighted by atomic mass is 16.5. The van der Waals surface area contributed by atoms with E-state index in [4.69, 9.17) is 4.74 Å². The van der Waals surface area contributed by atoms with Gasteiger partial charge in [0.2, 0.25) is 0 Å². The largest absolute Gasteiger partial charge is 0.373 e. The second-order valence-corrected chi connectivity index (χ2v) is 10.4. The van der Waals surface area contributed by atoms with Gasteiger partial charge in [0.25, 0.3) is 5.91 Å². The van der Waals surface area contributed by atoms with Crippen molar-refractivity contribution in [3.05, 3.63) is 84.2 Å². The number of nitrogens with zero attached hydrogens (tertiary/aromatic N) is 4. The van der Waals surface area contributed by atoms with E-state index >= 15 is 0 Å². The van der Waals surface area contributed by atoms with E-state index in [-0.39, 0.29) is 24.1 Å². The Hall–Kier alpha value is -4.21. The first kappa shape index (κ1) is 27.4. The van der Waals surface area contributed by atoms with Gasteiger partial charge in [-0.2, -0.15) is 0 Å². The Balaban J connectivity index is 1.21. The first-order chi connectivity index (χ1) is 19.3. The van der Waals surface area contributed by atoms with Crippen LogP contribution in [-0.2, 0) is 11.2 Å². The molecule has 2 aromatic heterocycles. The minimum absolute atomic E-state index is 0.183. The molecule has 4 aromatic rings. The zero-order valence-electron chi connectivity index (χ0n) is 23.4. The first-order valence-corrected chi connectivity index (χ1v) is 13.6. The summed E-state index contributed by atoms with van der Waals surface area (Å²) in [5.41, 5.74) is 4.44. The summed E-state index contributed by atoms with van der Waals surface area (Å²) in [5.74, 6) is 0.271. The van der Waals surface area contributed by atoms with Gasteiger partial charge in [0.1, 0.15) is 5.82 Å². The number of fused-ring (bicyclic) bond motifs is 1. The topological polar surface area (TPSA) is 91.7 Å². The number of amides is 2. The fourth-order valence-corrected chi connectivity index (χ4v) is 5.25. The standard InChI is InChI=1S/C31H36N6O3/c1-21-19-36(20-22(2)40-21)15-12-23-5-7-24(8-6-23)30(38)34-29-18-27(11-14-33-29)35(4)26-9-10-28-25(17-26)13-16-37(28)31(39)32-3/h5-11,13-14,16-18,21-22H,12,15,19-20H2,1-4H3,(H,32,39)(H,33,34,38)/t21-,22+. The number of morpholine rings is 1. The summed E-state index contributed by atoms with van der Waals surface area (Å²) in [4.78, 5) is 33.8. The van der Waals surface area contributed by atoms with E-state index in [1.54, 1.807) is 24.0 Å². The van der Waals surface area contributed by atoms with Crippen LogP contribution in [0, 0.1) is 0 Å². The molecule has 5 rings (SSSR count). The summed E-state index contributed by atoms with van der Waals surface area (Å²) in [7, 11) is 3.56. The Labute approximate surface area is 234 Å². The fourth-order valence-electron chi connectivity index (χ4n) is 5.25. The summed E-state index contributed by atoms with van der Waals surface area (Å²) >= 11 is 0. The van der Waals surface area contributed by atoms with Crippen molar-refractivity contribution >= 4 is 40.0 Å². The van der Waals surface area contributed by atoms with E-state index in [2.05, 4.69) is 34.4 Å². The molecule has 2 aromatic carbocycles. The van der Waals surface area contributed by atoms with Crippen LogP contribution in [-0.4, -0.2) is 72.3 Å². The number of anilines is 3. The lowest BCUT2D eigenvalue weighted by Crippen LogP contribution is -2.46. The highest BCUT2D eigenvalue weighted by Crippen LogP contribution is 2.28. The van der Waals surface area contributed by atoms with Crippen molar-refractivity contribution in [2.45, 2.75) is 32.5 Å². The summed E-state index contributed by atoms with van der Waals surface area (Å²) < 4.78 is 7.40. The lowest BCUT2D eigenvalue weighted by Gasteiger charge is -2.35. The maximum Gasteiger partial charge on any atom is 0.325 e. The van der Waals surface area contributed by atoms with Crippen molar-refractivity contribution in [1.29, 1.82) is 0 Å². The fraction of sp³-hybridized carbons (Fsp3) is 0.323. The Morgan fingerprint density at radius 3 is 2.45 bits per heavy atom. The van der Waals surface area contributed by atoms with Crippen LogP contribution in [0.15, 0.2) is 73.1 Å². The first-order valence-electron chi connectivity index (χ1n) is 13.6. The average Bonchev–Trinajstić information content (AvgIpc) is 3.38. The summed E-state index contributed by atoms with van der Waals surface area (Å²) in [5, 5.41) is 6.52. The molecule has 0 radical (unpaired) electrons. The van der Waals surface area contributed by atoms with E-state index in [9.17, 15) is 9.59 Å². The normalized spacial score (nSPS) is 17.5. The molecule has 0 aliphatic carbocycles. The summed E-state index contributed by atoms with van der Waals surface area (Å²) in [6.45, 7) is 7.11. The van der Waals surface area contributed by atoms with Gasteiger partial charge in [-0.05, 0) is 68.3 Å². The minimum Gasteiger partial charge on any atom is -0.373 e. The van der Waals surface area contributed by atoms with Gasteiger partial charge in [-0.1, -0.05) is 12.1 Å². The molecular weight excluding hydrogens is 504 g/mol. The van der Waals surface area contributed by atoms with Gasteiger partial charge in [-0.25, -0.2) is 9.78 Å². The molecular formula is C31H36N6O3. The smallest absolute Gasteiger partial charge is 0.325 e. The van der Waals surface area contributed by atoms with Gasteiger partial charge in [-0.3, -0.25) is 14.3 Å². The van der Waals surface area contributed by atoms with Gasteiger partial charge >= 0.3 is 6.03 Å². The van der Waals surface area contributed by atoms with Crippen molar-refractivity contribution in [1.82, 2.24) is 19.8 Å². The van der Waals surface area contributed by atoms with Crippen LogP contribution in [0.5, 0.6) is 0 Å². The molecule has 40 heavy (non-hydrogen) atoms. The van der Waals surface area contributed by atoms with Crippen LogP contribution < -0.4 is 15.5 Å². The van der Waals surface area contributed by atoms with Crippen molar-refractivity contribution in [2.24, 2.45) is 0 Å². The zero-order chi connectivity index (χ0) is 28.2. The average molecular weight is 541 g/mol. The van der Waals surface area contributed by atoms with Gasteiger partial charge < -0.3 is 20.3 Å². The maximum atomic E-state index is 13.0. The number of carbonyl (C=O) groups excluding carboxylic acids is 2. The summed E-state index contributed by atoms with van der Waals surface area (Å²) in [6.07, 6.45) is 4.88. The molecule has 0 spiro atoms. The second-order valence-electron chi connectivity index (χ2n) is 10.4. The Morgan fingerprint density at radius 2 is 1.73 bits per heavy atom. The molecule has 2 N–H and O–H groups in total. The van der Waals surface area contributed by atoms with Crippen molar-refractivity contribution in [3.63, 3.8) is 0 Å². The highest BCUT2D eigenvalue weighted by molar-refractivity contribution is 6.04. The molecule has 208 valence electrons. The second kappa shape index (κ2) is 11.9. The Kier molecular flexibility index (Phi) is 8.14. The predicted octanol–water partition coefficient (Wildman–Crippen LogP) is 4.90. The molecule has 9 nitrogen and oxygen atoms in total. The van der Waals surface area contributed by atoms with Crippen molar-refractivity contribution in [2.75, 3.05) is 43.9 Å². The third kappa shape index (κ3) is 6.16. The quantitative estimate of drug-likeness (QED) is 0.347. The molecule has 3 heterocycles. The highest BCUT2D eigenvalue weighted by Gasteiger charge is 2.21. The molecule has 1 aliphatic heterocycles. The van der Waals surface area contributed by atoms with Crippen LogP contribution in [0.4, 0.5) is 22.0 Å². The predicted molar refractivity (Wildman–Crippen MR) is 159 cm³/mol. The number of pyridine rings is 1. The molecule has 2 amide bonds. The van der Waals surface area contributed by atoms with E-state index in [1.807, 2.05) is 72.6 Å². The van der Waals surface area contributed by atoms with Crippen molar-refractivity contribution in [3.8, 4) is 0 Å². The number of nitrogens with one attached hydrogen (secondary N) is 2. The number of benzene rings is 2. The molecule has 0 unspecified atom stereocenters. The third-order valence-corrected chi connectivity index (χ3v) is 7.29. The summed E-state index contributed by atoms with van der Waals surface area (Å²) in [6, 6.07) is 19.1. The lowest BCUT2D eigenvalue weighted by atomic mass is 10.1. The van der Waals surface area contributed by atoms with Gasteiger partial charge in [0.15, 0.2) is 0 Å². The molecule has 0 bridgehead atoms. The monoisotopic (exact) mass is 540 g/mol. The number of rotatable bonds is 7. The van der Waals surface area contributed by atoms with E-state index < -0.39 is 0 Å². The molecule has 0 saturated carbocycles. The van der Waals surface area contributed by atoms with Crippen molar-refractivity contribution < 1.29 is 14.3 Å². The molecule has 2 atom stereocenters.